The number of halogens is 1. The zero-order valence-corrected chi connectivity index (χ0v) is 18.9. The number of carboxylic acids is 1. The van der Waals surface area contributed by atoms with Gasteiger partial charge in [-0.1, -0.05) is 12.2 Å². The van der Waals surface area contributed by atoms with Gasteiger partial charge in [0.2, 0.25) is 5.43 Å². The Morgan fingerprint density at radius 3 is 2.88 bits per heavy atom. The van der Waals surface area contributed by atoms with Crippen molar-refractivity contribution in [3.63, 3.8) is 0 Å². The molecule has 5 rings (SSSR count). The molecule has 1 aliphatic carbocycles. The van der Waals surface area contributed by atoms with Crippen molar-refractivity contribution in [1.82, 2.24) is 9.88 Å². The number of nitrogens with zero attached hydrogens (tertiary/aromatic N) is 2. The lowest BCUT2D eigenvalue weighted by atomic mass is 9.83. The fourth-order valence-corrected chi connectivity index (χ4v) is 5.39. The van der Waals surface area contributed by atoms with Crippen molar-refractivity contribution < 1.29 is 28.6 Å². The lowest BCUT2D eigenvalue weighted by Gasteiger charge is -2.31. The summed E-state index contributed by atoms with van der Waals surface area (Å²) in [5, 5.41) is 12.4. The maximum atomic E-state index is 15.5. The van der Waals surface area contributed by atoms with Crippen LogP contribution in [0.25, 0.3) is 10.9 Å². The summed E-state index contributed by atoms with van der Waals surface area (Å²) in [4.78, 5) is 38.3. The first-order valence-corrected chi connectivity index (χ1v) is 11.4. The predicted molar refractivity (Wildman–Crippen MR) is 122 cm³/mol. The van der Waals surface area contributed by atoms with Crippen molar-refractivity contribution in [2.45, 2.75) is 32.4 Å². The molecule has 2 aliphatic heterocycles. The maximum Gasteiger partial charge on any atom is 0.407 e. The molecule has 3 aliphatic rings. The van der Waals surface area contributed by atoms with Crippen LogP contribution in [-0.4, -0.2) is 54.1 Å². The van der Waals surface area contributed by atoms with Gasteiger partial charge in [-0.3, -0.25) is 4.79 Å². The Kier molecular flexibility index (Phi) is 5.45. The molecule has 0 spiro atoms. The van der Waals surface area contributed by atoms with Crippen molar-refractivity contribution in [2.24, 2.45) is 11.8 Å². The number of hydrogen-bond acceptors (Lipinski definition) is 6. The summed E-state index contributed by atoms with van der Waals surface area (Å²) in [6.07, 6.45) is 5.62. The summed E-state index contributed by atoms with van der Waals surface area (Å²) >= 11 is 0. The Hall–Kier alpha value is -3.56. The van der Waals surface area contributed by atoms with Gasteiger partial charge in [-0.05, 0) is 26.3 Å². The summed E-state index contributed by atoms with van der Waals surface area (Å²) in [6, 6.07) is 0.748. The number of benzene rings is 1. The molecule has 1 amide bonds. The third-order valence-electron chi connectivity index (χ3n) is 6.97. The Bertz CT molecular complexity index is 1270. The van der Waals surface area contributed by atoms with E-state index < -0.39 is 28.9 Å². The number of carbonyl (C=O) groups excluding carboxylic acids is 1. The molecule has 2 aromatic rings. The Balaban J connectivity index is 1.57. The van der Waals surface area contributed by atoms with E-state index in [0.717, 1.165) is 6.07 Å². The van der Waals surface area contributed by atoms with Crippen LogP contribution in [0.4, 0.5) is 14.9 Å². The molecule has 0 saturated carbocycles. The van der Waals surface area contributed by atoms with Crippen LogP contribution in [0.2, 0.25) is 0 Å². The highest BCUT2D eigenvalue weighted by Crippen LogP contribution is 2.45. The fourth-order valence-electron chi connectivity index (χ4n) is 5.39. The molecule has 1 fully saturated rings. The number of fused-ring (bicyclic) bond motifs is 1. The van der Waals surface area contributed by atoms with Crippen LogP contribution >= 0.6 is 0 Å². The zero-order chi connectivity index (χ0) is 24.1. The lowest BCUT2D eigenvalue weighted by molar-refractivity contribution is 0.0694. The van der Waals surface area contributed by atoms with E-state index in [2.05, 4.69) is 11.4 Å². The van der Waals surface area contributed by atoms with Crippen LogP contribution in [0.3, 0.4) is 0 Å². The second-order valence-corrected chi connectivity index (χ2v) is 9.04. The molecule has 1 aromatic carbocycles. The van der Waals surface area contributed by atoms with Gasteiger partial charge in [-0.2, -0.15) is 0 Å². The molecule has 4 atom stereocenters. The van der Waals surface area contributed by atoms with E-state index in [1.807, 2.05) is 17.9 Å². The smallest absolute Gasteiger partial charge is 0.407 e. The summed E-state index contributed by atoms with van der Waals surface area (Å²) in [5.74, 6) is -1.59. The monoisotopic (exact) mass is 471 g/mol. The first-order valence-electron chi connectivity index (χ1n) is 11.4. The van der Waals surface area contributed by atoms with E-state index in [-0.39, 0.29) is 54.0 Å². The van der Waals surface area contributed by atoms with E-state index in [9.17, 15) is 19.5 Å². The molecule has 2 N–H and O–H groups in total. The van der Waals surface area contributed by atoms with Crippen LogP contribution in [0.15, 0.2) is 29.2 Å². The van der Waals surface area contributed by atoms with Gasteiger partial charge in [0, 0.05) is 37.2 Å². The number of anilines is 1. The molecule has 9 nitrogen and oxygen atoms in total. The molecule has 0 radical (unpaired) electrons. The van der Waals surface area contributed by atoms with Crippen molar-refractivity contribution in [1.29, 1.82) is 0 Å². The second-order valence-electron chi connectivity index (χ2n) is 9.04. The highest BCUT2D eigenvalue weighted by Gasteiger charge is 2.41. The number of carboxylic acid groups (broad SMARTS) is 1. The van der Waals surface area contributed by atoms with E-state index in [0.29, 0.717) is 25.0 Å². The highest BCUT2D eigenvalue weighted by molar-refractivity contribution is 5.97. The minimum atomic E-state index is -1.35. The largest absolute Gasteiger partial charge is 0.487 e. The average molecular weight is 471 g/mol. The number of alkyl carbamates (subject to hydrolysis) is 1. The predicted octanol–water partition coefficient (Wildman–Crippen LogP) is 2.92. The molecule has 180 valence electrons. The molecule has 4 unspecified atom stereocenters. The first kappa shape index (κ1) is 22.2. The molecule has 0 bridgehead atoms. The summed E-state index contributed by atoms with van der Waals surface area (Å²) in [7, 11) is 0. The highest BCUT2D eigenvalue weighted by atomic mass is 19.1. The van der Waals surface area contributed by atoms with Crippen LogP contribution in [0.5, 0.6) is 5.75 Å². The van der Waals surface area contributed by atoms with Gasteiger partial charge in [0.15, 0.2) is 11.6 Å². The zero-order valence-electron chi connectivity index (χ0n) is 18.9. The van der Waals surface area contributed by atoms with Gasteiger partial charge in [0.1, 0.15) is 17.9 Å². The van der Waals surface area contributed by atoms with Crippen molar-refractivity contribution >= 4 is 28.7 Å². The standard InChI is InChI=1S/C24H26FN3O6/c1-3-33-24(32)26-18-6-4-5-13-8-27(9-15(13)18)20-17(25)7-14-19-22(20)34-11-12(2)28(19)10-16(21(14)29)23(30)31/h4-5,7,10,12-13,15,18H,3,6,8-9,11H2,1-2H3,(H,26,32)(H,30,31). The van der Waals surface area contributed by atoms with Crippen molar-refractivity contribution in [3.05, 3.63) is 46.0 Å². The Labute approximate surface area is 194 Å². The topological polar surface area (TPSA) is 110 Å². The fraction of sp³-hybridized carbons (Fsp3) is 0.458. The number of pyridine rings is 1. The Morgan fingerprint density at radius 1 is 1.35 bits per heavy atom. The number of carbonyl (C=O) groups is 2. The number of hydrogen-bond donors (Lipinski definition) is 2. The van der Waals surface area contributed by atoms with E-state index in [4.69, 9.17) is 9.47 Å². The number of aromatic nitrogens is 1. The van der Waals surface area contributed by atoms with E-state index in [1.165, 1.54) is 6.20 Å². The van der Waals surface area contributed by atoms with Crippen molar-refractivity contribution in [2.75, 3.05) is 31.2 Å². The third-order valence-corrected chi connectivity index (χ3v) is 6.97. The molecular weight excluding hydrogens is 445 g/mol. The SMILES string of the molecule is CCOC(=O)NC1CC=CC2CN(c3c(F)cc4c(=O)c(C(=O)O)cn5c4c3OCC5C)CC21. The number of nitrogens with one attached hydrogen (secondary N) is 1. The summed E-state index contributed by atoms with van der Waals surface area (Å²) in [5.41, 5.74) is -0.477. The normalized spacial score (nSPS) is 25.1. The number of ether oxygens (including phenoxy) is 2. The van der Waals surface area contributed by atoms with Gasteiger partial charge >= 0.3 is 12.1 Å². The maximum absolute atomic E-state index is 15.5. The minimum Gasteiger partial charge on any atom is -0.487 e. The van der Waals surface area contributed by atoms with Crippen LogP contribution in [0, 0.1) is 17.7 Å². The number of aromatic carboxylic acids is 1. The van der Waals surface area contributed by atoms with Gasteiger partial charge < -0.3 is 29.4 Å². The second kappa shape index (κ2) is 8.34. The molecule has 34 heavy (non-hydrogen) atoms. The molecule has 10 heteroatoms. The van der Waals surface area contributed by atoms with E-state index in [1.54, 1.807) is 11.5 Å². The molecule has 1 saturated heterocycles. The molecule has 1 aromatic heterocycles. The quantitative estimate of drug-likeness (QED) is 0.660. The van der Waals surface area contributed by atoms with Gasteiger partial charge in [-0.25, -0.2) is 14.0 Å². The first-order chi connectivity index (χ1) is 16.3. The van der Waals surface area contributed by atoms with Crippen LogP contribution in [-0.2, 0) is 4.74 Å². The Morgan fingerprint density at radius 2 is 2.15 bits per heavy atom. The van der Waals surface area contributed by atoms with E-state index >= 15 is 4.39 Å². The van der Waals surface area contributed by atoms with Crippen LogP contribution in [0.1, 0.15) is 36.7 Å². The third kappa shape index (κ3) is 3.48. The number of amides is 1. The lowest BCUT2D eigenvalue weighted by Crippen LogP contribution is -2.44. The van der Waals surface area contributed by atoms with Gasteiger partial charge in [0.05, 0.1) is 23.6 Å². The van der Waals surface area contributed by atoms with Gasteiger partial charge in [0.25, 0.3) is 0 Å². The van der Waals surface area contributed by atoms with Crippen molar-refractivity contribution in [3.8, 4) is 5.75 Å². The van der Waals surface area contributed by atoms with Crippen LogP contribution < -0.4 is 20.4 Å². The average Bonchev–Trinajstić information content (AvgIpc) is 3.22. The number of rotatable bonds is 4. The van der Waals surface area contributed by atoms with Gasteiger partial charge in [-0.15, -0.1) is 0 Å². The molecular formula is C24H26FN3O6. The summed E-state index contributed by atoms with van der Waals surface area (Å²) in [6.45, 7) is 5.10. The minimum absolute atomic E-state index is 0.0129. The summed E-state index contributed by atoms with van der Waals surface area (Å²) < 4.78 is 28.2. The molecule has 3 heterocycles.